The molecular formula is C17H26ClNO. The Morgan fingerprint density at radius 1 is 1.30 bits per heavy atom. The molecule has 0 saturated heterocycles. The van der Waals surface area contributed by atoms with Gasteiger partial charge < -0.3 is 10.1 Å². The predicted molar refractivity (Wildman–Crippen MR) is 85.5 cm³/mol. The summed E-state index contributed by atoms with van der Waals surface area (Å²) in [7, 11) is 1.66. The molecule has 112 valence electrons. The Balaban J connectivity index is 2.17. The molecule has 2 rings (SSSR count). The molecule has 1 saturated carbocycles. The molecule has 0 bridgehead atoms. The topological polar surface area (TPSA) is 21.3 Å². The molecule has 1 N–H and O–H groups in total. The van der Waals surface area contributed by atoms with E-state index in [9.17, 15) is 0 Å². The summed E-state index contributed by atoms with van der Waals surface area (Å²) in [5, 5.41) is 4.35. The molecule has 1 aromatic carbocycles. The van der Waals surface area contributed by atoms with Gasteiger partial charge in [-0.15, -0.1) is 0 Å². The standard InChI is InChI=1S/C17H26ClNO/c1-4-19-17(13-7-5-12(2)6-8-13)14-9-10-16(20-3)15(18)11-14/h9-13,17,19H,4-8H2,1-3H3. The van der Waals surface area contributed by atoms with E-state index in [4.69, 9.17) is 16.3 Å². The smallest absolute Gasteiger partial charge is 0.137 e. The minimum atomic E-state index is 0.413. The van der Waals surface area contributed by atoms with Crippen LogP contribution in [0.15, 0.2) is 18.2 Å². The third-order valence-corrected chi connectivity index (χ3v) is 4.79. The van der Waals surface area contributed by atoms with Gasteiger partial charge in [0.15, 0.2) is 0 Å². The first-order valence-corrected chi connectivity index (χ1v) is 8.10. The van der Waals surface area contributed by atoms with Crippen molar-refractivity contribution >= 4 is 11.6 Å². The summed E-state index contributed by atoms with van der Waals surface area (Å²) in [6, 6.07) is 6.60. The Morgan fingerprint density at radius 3 is 2.55 bits per heavy atom. The molecule has 1 aliphatic rings. The van der Waals surface area contributed by atoms with Crippen LogP contribution in [0.4, 0.5) is 0 Å². The van der Waals surface area contributed by atoms with Crippen molar-refractivity contribution in [3.8, 4) is 5.75 Å². The third-order valence-electron chi connectivity index (χ3n) is 4.49. The highest BCUT2D eigenvalue weighted by atomic mass is 35.5. The fourth-order valence-electron chi connectivity index (χ4n) is 3.27. The van der Waals surface area contributed by atoms with Crippen LogP contribution in [0.1, 0.15) is 51.1 Å². The van der Waals surface area contributed by atoms with Gasteiger partial charge in [-0.25, -0.2) is 0 Å². The van der Waals surface area contributed by atoms with Gasteiger partial charge in [0.05, 0.1) is 12.1 Å². The number of ether oxygens (including phenoxy) is 1. The van der Waals surface area contributed by atoms with E-state index in [1.165, 1.54) is 31.2 Å². The van der Waals surface area contributed by atoms with Gasteiger partial charge in [-0.3, -0.25) is 0 Å². The Hall–Kier alpha value is -0.730. The van der Waals surface area contributed by atoms with Crippen LogP contribution in [0.5, 0.6) is 5.75 Å². The lowest BCUT2D eigenvalue weighted by atomic mass is 9.77. The highest BCUT2D eigenvalue weighted by Gasteiger charge is 2.27. The third kappa shape index (κ3) is 3.67. The van der Waals surface area contributed by atoms with Crippen LogP contribution in [0.3, 0.4) is 0 Å². The SMILES string of the molecule is CCNC(c1ccc(OC)c(Cl)c1)C1CCC(C)CC1. The fourth-order valence-corrected chi connectivity index (χ4v) is 3.54. The van der Waals surface area contributed by atoms with Gasteiger partial charge in [0.25, 0.3) is 0 Å². The molecule has 1 aromatic rings. The highest BCUT2D eigenvalue weighted by Crippen LogP contribution is 2.38. The van der Waals surface area contributed by atoms with Crippen molar-refractivity contribution < 1.29 is 4.74 Å². The van der Waals surface area contributed by atoms with E-state index in [1.54, 1.807) is 7.11 Å². The first-order valence-electron chi connectivity index (χ1n) is 7.72. The molecule has 0 heterocycles. The van der Waals surface area contributed by atoms with Gasteiger partial charge in [-0.05, 0) is 48.9 Å². The van der Waals surface area contributed by atoms with Crippen LogP contribution in [0.2, 0.25) is 5.02 Å². The van der Waals surface area contributed by atoms with Crippen LogP contribution in [-0.4, -0.2) is 13.7 Å². The maximum atomic E-state index is 6.28. The van der Waals surface area contributed by atoms with Crippen LogP contribution in [0, 0.1) is 11.8 Å². The van der Waals surface area contributed by atoms with E-state index in [0.29, 0.717) is 11.1 Å². The molecule has 1 atom stereocenters. The first-order chi connectivity index (χ1) is 9.65. The predicted octanol–water partition coefficient (Wildman–Crippen LogP) is 4.83. The molecule has 0 radical (unpaired) electrons. The van der Waals surface area contributed by atoms with E-state index in [-0.39, 0.29) is 0 Å². The quantitative estimate of drug-likeness (QED) is 0.840. The number of benzene rings is 1. The fraction of sp³-hybridized carbons (Fsp3) is 0.647. The van der Waals surface area contributed by atoms with E-state index in [1.807, 2.05) is 6.07 Å². The second kappa shape index (κ2) is 7.33. The summed E-state index contributed by atoms with van der Waals surface area (Å²) in [5.74, 6) is 2.35. The summed E-state index contributed by atoms with van der Waals surface area (Å²) in [5.41, 5.74) is 1.29. The molecular weight excluding hydrogens is 270 g/mol. The van der Waals surface area contributed by atoms with Crippen molar-refractivity contribution in [2.75, 3.05) is 13.7 Å². The van der Waals surface area contributed by atoms with Gasteiger partial charge in [-0.1, -0.05) is 44.4 Å². The monoisotopic (exact) mass is 295 g/mol. The largest absolute Gasteiger partial charge is 0.495 e. The number of halogens is 1. The molecule has 0 aliphatic heterocycles. The zero-order valence-corrected chi connectivity index (χ0v) is 13.5. The average Bonchev–Trinajstić information content (AvgIpc) is 2.46. The Kier molecular flexibility index (Phi) is 5.74. The lowest BCUT2D eigenvalue weighted by molar-refractivity contribution is 0.233. The Bertz CT molecular complexity index is 427. The van der Waals surface area contributed by atoms with Crippen molar-refractivity contribution in [1.29, 1.82) is 0 Å². The van der Waals surface area contributed by atoms with Crippen LogP contribution < -0.4 is 10.1 Å². The molecule has 1 unspecified atom stereocenters. The Labute approximate surface area is 127 Å². The summed E-state index contributed by atoms with van der Waals surface area (Å²) in [6.07, 6.45) is 5.30. The molecule has 0 spiro atoms. The number of rotatable bonds is 5. The summed E-state index contributed by atoms with van der Waals surface area (Å²) < 4.78 is 5.25. The van der Waals surface area contributed by atoms with E-state index >= 15 is 0 Å². The van der Waals surface area contributed by atoms with Gasteiger partial charge in [0.2, 0.25) is 0 Å². The molecule has 0 amide bonds. The van der Waals surface area contributed by atoms with Crippen LogP contribution >= 0.6 is 11.6 Å². The summed E-state index contributed by atoms with van der Waals surface area (Å²) in [6.45, 7) is 5.52. The second-order valence-electron chi connectivity index (χ2n) is 5.95. The number of hydrogen-bond acceptors (Lipinski definition) is 2. The number of hydrogen-bond donors (Lipinski definition) is 1. The normalized spacial score (nSPS) is 24.4. The molecule has 1 fully saturated rings. The lowest BCUT2D eigenvalue weighted by Gasteiger charge is -2.33. The average molecular weight is 296 g/mol. The number of methoxy groups -OCH3 is 1. The molecule has 0 aromatic heterocycles. The van der Waals surface area contributed by atoms with Gasteiger partial charge in [0.1, 0.15) is 5.75 Å². The Morgan fingerprint density at radius 2 is 2.00 bits per heavy atom. The lowest BCUT2D eigenvalue weighted by Crippen LogP contribution is -2.30. The van der Waals surface area contributed by atoms with Crippen molar-refractivity contribution in [2.24, 2.45) is 11.8 Å². The summed E-state index contributed by atoms with van der Waals surface area (Å²) in [4.78, 5) is 0. The minimum Gasteiger partial charge on any atom is -0.495 e. The van der Waals surface area contributed by atoms with Crippen LogP contribution in [-0.2, 0) is 0 Å². The molecule has 2 nitrogen and oxygen atoms in total. The minimum absolute atomic E-state index is 0.413. The second-order valence-corrected chi connectivity index (χ2v) is 6.36. The molecule has 20 heavy (non-hydrogen) atoms. The van der Waals surface area contributed by atoms with E-state index in [2.05, 4.69) is 31.3 Å². The maximum Gasteiger partial charge on any atom is 0.137 e. The van der Waals surface area contributed by atoms with Crippen molar-refractivity contribution in [2.45, 2.75) is 45.6 Å². The zero-order valence-electron chi connectivity index (χ0n) is 12.8. The van der Waals surface area contributed by atoms with Crippen molar-refractivity contribution in [3.05, 3.63) is 28.8 Å². The molecule has 1 aliphatic carbocycles. The molecule has 3 heteroatoms. The van der Waals surface area contributed by atoms with Gasteiger partial charge in [-0.2, -0.15) is 0 Å². The highest BCUT2D eigenvalue weighted by molar-refractivity contribution is 6.32. The zero-order chi connectivity index (χ0) is 14.5. The number of nitrogens with one attached hydrogen (secondary N) is 1. The van der Waals surface area contributed by atoms with Crippen molar-refractivity contribution in [1.82, 2.24) is 5.32 Å². The van der Waals surface area contributed by atoms with E-state index < -0.39 is 0 Å². The van der Waals surface area contributed by atoms with Gasteiger partial charge in [0, 0.05) is 6.04 Å². The maximum absolute atomic E-state index is 6.28. The summed E-state index contributed by atoms with van der Waals surface area (Å²) >= 11 is 6.28. The van der Waals surface area contributed by atoms with Crippen LogP contribution in [0.25, 0.3) is 0 Å². The first kappa shape index (κ1) is 15.7. The van der Waals surface area contributed by atoms with Gasteiger partial charge >= 0.3 is 0 Å². The van der Waals surface area contributed by atoms with Crippen molar-refractivity contribution in [3.63, 3.8) is 0 Å². The van der Waals surface area contributed by atoms with E-state index in [0.717, 1.165) is 24.1 Å².